The molecule has 0 amide bonds. The molecule has 76 valence electrons. The zero-order valence-electron chi connectivity index (χ0n) is 8.20. The summed E-state index contributed by atoms with van der Waals surface area (Å²) in [6, 6.07) is 0. The van der Waals surface area contributed by atoms with Crippen molar-refractivity contribution in [2.75, 3.05) is 34.8 Å². The van der Waals surface area contributed by atoms with Crippen molar-refractivity contribution in [3.05, 3.63) is 0 Å². The molecule has 0 aromatic heterocycles. The minimum atomic E-state index is -4.41. The molecule has 0 aromatic rings. The van der Waals surface area contributed by atoms with E-state index < -0.39 is 10.4 Å². The lowest BCUT2D eigenvalue weighted by Gasteiger charge is -2.20. The molecular formula is C6H17NO4S. The van der Waals surface area contributed by atoms with Gasteiger partial charge in [0, 0.05) is 0 Å². The van der Waals surface area contributed by atoms with Gasteiger partial charge in [-0.2, -0.15) is 0 Å². The molecule has 0 aliphatic rings. The van der Waals surface area contributed by atoms with E-state index in [0.29, 0.717) is 0 Å². The van der Waals surface area contributed by atoms with Gasteiger partial charge in [0.15, 0.2) is 0 Å². The van der Waals surface area contributed by atoms with Crippen LogP contribution in [-0.2, 0) is 14.6 Å². The van der Waals surface area contributed by atoms with Gasteiger partial charge in [0.25, 0.3) is 0 Å². The fourth-order valence-corrected chi connectivity index (χ4v) is 0. The zero-order chi connectivity index (χ0) is 10.4. The molecule has 0 saturated carbocycles. The van der Waals surface area contributed by atoms with Gasteiger partial charge < -0.3 is 9.04 Å². The summed E-state index contributed by atoms with van der Waals surface area (Å²) in [5.74, 6) is 0. The Bertz CT molecular complexity index is 192. The van der Waals surface area contributed by atoms with Gasteiger partial charge in [-0.15, -0.1) is 0 Å². The first kappa shape index (κ1) is 14.4. The van der Waals surface area contributed by atoms with Gasteiger partial charge in [-0.1, -0.05) is 0 Å². The Morgan fingerprint density at radius 3 is 1.50 bits per heavy atom. The molecule has 0 rings (SSSR count). The first-order valence-electron chi connectivity index (χ1n) is 3.44. The van der Waals surface area contributed by atoms with E-state index in [0.717, 1.165) is 11.6 Å². The van der Waals surface area contributed by atoms with Crippen LogP contribution in [-0.4, -0.2) is 52.3 Å². The van der Waals surface area contributed by atoms with Crippen LogP contribution in [0.1, 0.15) is 6.92 Å². The van der Waals surface area contributed by atoms with Gasteiger partial charge >= 0.3 is 0 Å². The van der Waals surface area contributed by atoms with Crippen molar-refractivity contribution >= 4 is 10.4 Å². The molecule has 0 N–H and O–H groups in total. The highest BCUT2D eigenvalue weighted by Crippen LogP contribution is 1.83. The molecule has 0 bridgehead atoms. The number of quaternary nitrogens is 1. The van der Waals surface area contributed by atoms with E-state index >= 15 is 0 Å². The molecular weight excluding hydrogens is 182 g/mol. The highest BCUT2D eigenvalue weighted by molar-refractivity contribution is 7.80. The largest absolute Gasteiger partial charge is 0.726 e. The summed E-state index contributed by atoms with van der Waals surface area (Å²) in [5, 5.41) is 0. The van der Waals surface area contributed by atoms with E-state index in [9.17, 15) is 13.0 Å². The summed E-state index contributed by atoms with van der Waals surface area (Å²) < 4.78 is 32.1. The minimum absolute atomic E-state index is 0.808. The van der Waals surface area contributed by atoms with Crippen LogP contribution in [0.5, 0.6) is 0 Å². The van der Waals surface area contributed by atoms with Crippen LogP contribution in [0.3, 0.4) is 0 Å². The third-order valence-electron chi connectivity index (χ3n) is 1.15. The molecule has 6 heteroatoms. The van der Waals surface area contributed by atoms with Crippen LogP contribution < -0.4 is 0 Å². The Balaban J connectivity index is 0. The summed E-state index contributed by atoms with van der Waals surface area (Å²) in [4.78, 5) is 0. The lowest BCUT2D eigenvalue weighted by atomic mass is 10.6. The summed E-state index contributed by atoms with van der Waals surface area (Å²) in [6.45, 7) is 3.39. The predicted octanol–water partition coefficient (Wildman–Crippen LogP) is -0.194. The van der Waals surface area contributed by atoms with Gasteiger partial charge in [-0.3, -0.25) is 4.18 Å². The third-order valence-corrected chi connectivity index (χ3v) is 1.56. The Labute approximate surface area is 74.5 Å². The standard InChI is InChI=1S/C5H14N.CH4O4S/c2*1-5-6(2,3)4/h5H2,1-4H3;1H3,(H,2,3,4)/q+1;/p-1. The van der Waals surface area contributed by atoms with E-state index in [4.69, 9.17) is 0 Å². The Morgan fingerprint density at radius 1 is 1.33 bits per heavy atom. The van der Waals surface area contributed by atoms with E-state index in [1.165, 1.54) is 6.54 Å². The Morgan fingerprint density at radius 2 is 1.50 bits per heavy atom. The van der Waals surface area contributed by atoms with Gasteiger partial charge in [-0.05, 0) is 6.92 Å². The molecule has 0 saturated heterocycles. The molecule has 0 fully saturated rings. The molecule has 0 aliphatic carbocycles. The molecule has 0 radical (unpaired) electrons. The highest BCUT2D eigenvalue weighted by Gasteiger charge is 1.97. The first-order chi connectivity index (χ1) is 5.12. The monoisotopic (exact) mass is 199 g/mol. The number of nitrogens with zero attached hydrogens (tertiary/aromatic N) is 1. The van der Waals surface area contributed by atoms with Crippen LogP contribution in [0.25, 0.3) is 0 Å². The fourth-order valence-electron chi connectivity index (χ4n) is 0. The number of hydrogen-bond donors (Lipinski definition) is 0. The summed E-state index contributed by atoms with van der Waals surface area (Å²) in [6.07, 6.45) is 0. The SMILES string of the molecule is CC[N+](C)(C)C.COS(=O)(=O)[O-]. The average Bonchev–Trinajstić information content (AvgIpc) is 1.86. The van der Waals surface area contributed by atoms with Crippen LogP contribution >= 0.6 is 0 Å². The van der Waals surface area contributed by atoms with Crippen molar-refractivity contribution in [3.8, 4) is 0 Å². The molecule has 12 heavy (non-hydrogen) atoms. The molecule has 0 aromatic carbocycles. The molecule has 0 heterocycles. The first-order valence-corrected chi connectivity index (χ1v) is 4.77. The summed E-state index contributed by atoms with van der Waals surface area (Å²) >= 11 is 0. The summed E-state index contributed by atoms with van der Waals surface area (Å²) in [5.41, 5.74) is 0. The van der Waals surface area contributed by atoms with Crippen LogP contribution in [0, 0.1) is 0 Å². The lowest BCUT2D eigenvalue weighted by molar-refractivity contribution is -0.868. The maximum absolute atomic E-state index is 9.22. The Kier molecular flexibility index (Phi) is 6.55. The maximum Gasteiger partial charge on any atom is 0.217 e. The van der Waals surface area contributed by atoms with E-state index in [1.54, 1.807) is 0 Å². The van der Waals surface area contributed by atoms with Crippen LogP contribution in [0.4, 0.5) is 0 Å². The third kappa shape index (κ3) is 22.5. The number of hydrogen-bond acceptors (Lipinski definition) is 4. The van der Waals surface area contributed by atoms with Gasteiger partial charge in [-0.25, -0.2) is 8.42 Å². The van der Waals surface area contributed by atoms with Crippen LogP contribution in [0.2, 0.25) is 0 Å². The van der Waals surface area contributed by atoms with E-state index in [1.807, 2.05) is 0 Å². The van der Waals surface area contributed by atoms with Gasteiger partial charge in [0.1, 0.15) is 0 Å². The van der Waals surface area contributed by atoms with Crippen molar-refractivity contribution in [2.45, 2.75) is 6.92 Å². The average molecular weight is 199 g/mol. The van der Waals surface area contributed by atoms with E-state index in [-0.39, 0.29) is 0 Å². The van der Waals surface area contributed by atoms with Crippen molar-refractivity contribution < 1.29 is 21.6 Å². The second-order valence-corrected chi connectivity index (χ2v) is 4.33. The van der Waals surface area contributed by atoms with Gasteiger partial charge in [0.2, 0.25) is 10.4 Å². The smallest absolute Gasteiger partial charge is 0.217 e. The second kappa shape index (κ2) is 5.47. The molecule has 0 spiro atoms. The predicted molar refractivity (Wildman–Crippen MR) is 45.3 cm³/mol. The normalized spacial score (nSPS) is 11.8. The van der Waals surface area contributed by atoms with Crippen LogP contribution in [0.15, 0.2) is 0 Å². The van der Waals surface area contributed by atoms with Crippen molar-refractivity contribution in [3.63, 3.8) is 0 Å². The molecule has 5 nitrogen and oxygen atoms in total. The molecule has 0 unspecified atom stereocenters. The minimum Gasteiger partial charge on any atom is -0.726 e. The van der Waals surface area contributed by atoms with Crippen molar-refractivity contribution in [2.24, 2.45) is 0 Å². The highest BCUT2D eigenvalue weighted by atomic mass is 32.3. The Hall–Kier alpha value is -0.170. The molecule has 0 aliphatic heterocycles. The van der Waals surface area contributed by atoms with Crippen molar-refractivity contribution in [1.29, 1.82) is 0 Å². The quantitative estimate of drug-likeness (QED) is 0.351. The number of rotatable bonds is 2. The fraction of sp³-hybridized carbons (Fsp3) is 1.00. The lowest BCUT2D eigenvalue weighted by Crippen LogP contribution is -2.33. The summed E-state index contributed by atoms with van der Waals surface area (Å²) in [7, 11) is 2.94. The van der Waals surface area contributed by atoms with E-state index in [2.05, 4.69) is 32.2 Å². The van der Waals surface area contributed by atoms with Crippen molar-refractivity contribution in [1.82, 2.24) is 0 Å². The maximum atomic E-state index is 9.22. The van der Waals surface area contributed by atoms with Gasteiger partial charge in [0.05, 0.1) is 34.8 Å². The molecule has 0 atom stereocenters. The zero-order valence-corrected chi connectivity index (χ0v) is 9.01. The topological polar surface area (TPSA) is 66.4 Å². The second-order valence-electron chi connectivity index (χ2n) is 3.18.